The van der Waals surface area contributed by atoms with Crippen LogP contribution in [0, 0.1) is 5.41 Å². The minimum absolute atomic E-state index is 0.196. The van der Waals surface area contributed by atoms with Gasteiger partial charge in [-0.2, -0.15) is 0 Å². The van der Waals surface area contributed by atoms with Crippen LogP contribution >= 0.6 is 0 Å². The van der Waals surface area contributed by atoms with Gasteiger partial charge in [-0.1, -0.05) is 12.1 Å². The Labute approximate surface area is 129 Å². The van der Waals surface area contributed by atoms with Crippen molar-refractivity contribution in [3.05, 3.63) is 29.8 Å². The average Bonchev–Trinajstić information content (AvgIpc) is 2.43. The zero-order chi connectivity index (χ0) is 15.7. The number of benzene rings is 1. The summed E-state index contributed by atoms with van der Waals surface area (Å²) >= 11 is 0. The largest absolute Gasteiger partial charge is 0.494 e. The Bertz CT molecular complexity index is 409. The van der Waals surface area contributed by atoms with Gasteiger partial charge in [-0.05, 0) is 43.4 Å². The Balaban J connectivity index is 2.19. The van der Waals surface area contributed by atoms with E-state index in [0.29, 0.717) is 6.42 Å². The van der Waals surface area contributed by atoms with Crippen LogP contribution in [0.4, 0.5) is 0 Å². The SMILES string of the molecule is C[N+](C)(C)CCCCCOc1ccc(CC(N)C=N)cc1. The Kier molecular flexibility index (Phi) is 7.40. The van der Waals surface area contributed by atoms with E-state index in [2.05, 4.69) is 21.1 Å². The van der Waals surface area contributed by atoms with Gasteiger partial charge in [-0.3, -0.25) is 0 Å². The lowest BCUT2D eigenvalue weighted by Crippen LogP contribution is -2.35. The fourth-order valence-corrected chi connectivity index (χ4v) is 2.11. The predicted octanol–water partition coefficient (Wildman–Crippen LogP) is 2.46. The molecule has 0 aliphatic heterocycles. The van der Waals surface area contributed by atoms with Gasteiger partial charge in [-0.25, -0.2) is 0 Å². The number of nitrogens with two attached hydrogens (primary N) is 1. The third kappa shape index (κ3) is 8.48. The second kappa shape index (κ2) is 8.80. The highest BCUT2D eigenvalue weighted by Gasteiger charge is 2.05. The number of nitrogens with zero attached hydrogens (tertiary/aromatic N) is 1. The zero-order valence-electron chi connectivity index (χ0n) is 13.6. The monoisotopic (exact) mass is 292 g/mol. The quantitative estimate of drug-likeness (QED) is 0.395. The number of hydrogen-bond donors (Lipinski definition) is 2. The van der Waals surface area contributed by atoms with Crippen LogP contribution in [0.3, 0.4) is 0 Å². The summed E-state index contributed by atoms with van der Waals surface area (Å²) in [5, 5.41) is 7.11. The van der Waals surface area contributed by atoms with Gasteiger partial charge in [0.15, 0.2) is 0 Å². The molecule has 1 atom stereocenters. The summed E-state index contributed by atoms with van der Waals surface area (Å²) in [6.07, 6.45) is 5.53. The van der Waals surface area contributed by atoms with Gasteiger partial charge in [0.1, 0.15) is 5.75 Å². The molecule has 1 aromatic carbocycles. The van der Waals surface area contributed by atoms with Gasteiger partial charge >= 0.3 is 0 Å². The molecule has 1 aromatic rings. The fourth-order valence-electron chi connectivity index (χ4n) is 2.11. The van der Waals surface area contributed by atoms with Crippen LogP contribution in [0.1, 0.15) is 24.8 Å². The second-order valence-electron chi connectivity index (χ2n) is 6.60. The van der Waals surface area contributed by atoms with E-state index < -0.39 is 0 Å². The molecule has 1 unspecified atom stereocenters. The molecule has 0 saturated heterocycles. The first-order valence-corrected chi connectivity index (χ1v) is 7.69. The molecule has 4 nitrogen and oxygen atoms in total. The first-order chi connectivity index (χ1) is 9.90. The fraction of sp³-hybridized carbons (Fsp3) is 0.588. The van der Waals surface area contributed by atoms with Gasteiger partial charge in [0.05, 0.1) is 34.3 Å². The molecule has 4 heteroatoms. The van der Waals surface area contributed by atoms with Gasteiger partial charge in [0.25, 0.3) is 0 Å². The smallest absolute Gasteiger partial charge is 0.119 e. The third-order valence-electron chi connectivity index (χ3n) is 3.35. The summed E-state index contributed by atoms with van der Waals surface area (Å²) in [4.78, 5) is 0. The molecular weight excluding hydrogens is 262 g/mol. The van der Waals surface area contributed by atoms with Crippen molar-refractivity contribution in [1.82, 2.24) is 0 Å². The van der Waals surface area contributed by atoms with Crippen molar-refractivity contribution in [2.75, 3.05) is 34.3 Å². The lowest BCUT2D eigenvalue weighted by Gasteiger charge is -2.23. The Morgan fingerprint density at radius 3 is 2.38 bits per heavy atom. The number of quaternary nitrogens is 1. The van der Waals surface area contributed by atoms with E-state index in [9.17, 15) is 0 Å². The van der Waals surface area contributed by atoms with E-state index in [1.165, 1.54) is 25.6 Å². The van der Waals surface area contributed by atoms with Crippen LogP contribution in [0.25, 0.3) is 0 Å². The number of unbranched alkanes of at least 4 members (excludes halogenated alkanes) is 2. The van der Waals surface area contributed by atoms with Crippen LogP contribution in [0.2, 0.25) is 0 Å². The van der Waals surface area contributed by atoms with Crippen LogP contribution in [0.5, 0.6) is 5.75 Å². The Morgan fingerprint density at radius 2 is 1.81 bits per heavy atom. The van der Waals surface area contributed by atoms with Crippen molar-refractivity contribution < 1.29 is 9.22 Å². The van der Waals surface area contributed by atoms with Gasteiger partial charge < -0.3 is 20.4 Å². The lowest BCUT2D eigenvalue weighted by atomic mass is 10.1. The zero-order valence-corrected chi connectivity index (χ0v) is 13.6. The number of rotatable bonds is 10. The molecule has 118 valence electrons. The lowest BCUT2D eigenvalue weighted by molar-refractivity contribution is -0.870. The molecule has 0 amide bonds. The number of nitrogens with one attached hydrogen (secondary N) is 1. The maximum Gasteiger partial charge on any atom is 0.119 e. The highest BCUT2D eigenvalue weighted by molar-refractivity contribution is 5.60. The second-order valence-corrected chi connectivity index (χ2v) is 6.60. The molecule has 0 aliphatic carbocycles. The summed E-state index contributed by atoms with van der Waals surface area (Å²) < 4.78 is 6.77. The highest BCUT2D eigenvalue weighted by atomic mass is 16.5. The Morgan fingerprint density at radius 1 is 1.14 bits per heavy atom. The van der Waals surface area contributed by atoms with E-state index in [1.54, 1.807) is 0 Å². The van der Waals surface area contributed by atoms with Gasteiger partial charge in [0, 0.05) is 12.3 Å². The molecule has 21 heavy (non-hydrogen) atoms. The van der Waals surface area contributed by atoms with Crippen molar-refractivity contribution >= 4 is 6.21 Å². The van der Waals surface area contributed by atoms with Crippen molar-refractivity contribution in [2.24, 2.45) is 5.73 Å². The normalized spacial score (nSPS) is 13.0. The number of hydrogen-bond acceptors (Lipinski definition) is 3. The molecule has 0 radical (unpaired) electrons. The summed E-state index contributed by atoms with van der Waals surface area (Å²) in [6.45, 7) is 1.98. The first kappa shape index (κ1) is 17.7. The van der Waals surface area contributed by atoms with Gasteiger partial charge in [-0.15, -0.1) is 0 Å². The van der Waals surface area contributed by atoms with E-state index >= 15 is 0 Å². The molecule has 0 aromatic heterocycles. The minimum atomic E-state index is -0.196. The molecule has 0 heterocycles. The highest BCUT2D eigenvalue weighted by Crippen LogP contribution is 2.13. The van der Waals surface area contributed by atoms with Crippen LogP contribution in [-0.4, -0.2) is 51.0 Å². The third-order valence-corrected chi connectivity index (χ3v) is 3.35. The summed E-state index contributed by atoms with van der Waals surface area (Å²) in [5.41, 5.74) is 6.86. The van der Waals surface area contributed by atoms with Crippen LogP contribution < -0.4 is 10.5 Å². The summed E-state index contributed by atoms with van der Waals surface area (Å²) in [5.74, 6) is 0.911. The standard InChI is InChI=1S/C17H30N3O/c1-20(2,3)11-5-4-6-12-21-17-9-7-15(8-10-17)13-16(19)14-18/h7-10,14,16,18H,4-6,11-13,19H2,1-3H3/q+1. The molecule has 0 spiro atoms. The number of ether oxygens (including phenoxy) is 1. The minimum Gasteiger partial charge on any atom is -0.494 e. The van der Waals surface area contributed by atoms with E-state index in [4.69, 9.17) is 15.9 Å². The predicted molar refractivity (Wildman–Crippen MR) is 89.2 cm³/mol. The maximum atomic E-state index is 7.11. The van der Waals surface area contributed by atoms with Crippen LogP contribution in [0.15, 0.2) is 24.3 Å². The van der Waals surface area contributed by atoms with Crippen molar-refractivity contribution in [3.63, 3.8) is 0 Å². The van der Waals surface area contributed by atoms with Crippen LogP contribution in [-0.2, 0) is 6.42 Å². The molecule has 1 rings (SSSR count). The molecule has 0 saturated carbocycles. The first-order valence-electron chi connectivity index (χ1n) is 7.69. The van der Waals surface area contributed by atoms with E-state index in [-0.39, 0.29) is 6.04 Å². The molecular formula is C17H30N3O+. The summed E-state index contributed by atoms with van der Waals surface area (Å²) in [7, 11) is 6.67. The van der Waals surface area contributed by atoms with Crippen molar-refractivity contribution in [3.8, 4) is 5.75 Å². The topological polar surface area (TPSA) is 59.1 Å². The Hall–Kier alpha value is -1.39. The molecule has 3 N–H and O–H groups in total. The average molecular weight is 292 g/mol. The molecule has 0 fully saturated rings. The van der Waals surface area contributed by atoms with Crippen molar-refractivity contribution in [1.29, 1.82) is 5.41 Å². The maximum absolute atomic E-state index is 7.11. The molecule has 0 aliphatic rings. The van der Waals surface area contributed by atoms with E-state index in [0.717, 1.165) is 28.8 Å². The molecule has 0 bridgehead atoms. The summed E-state index contributed by atoms with van der Waals surface area (Å²) in [6, 6.07) is 7.82. The van der Waals surface area contributed by atoms with Crippen molar-refractivity contribution in [2.45, 2.75) is 31.7 Å². The van der Waals surface area contributed by atoms with E-state index in [1.807, 2.05) is 24.3 Å². The van der Waals surface area contributed by atoms with Gasteiger partial charge in [0.2, 0.25) is 0 Å².